The number of hydrazine groups is 1. The van der Waals surface area contributed by atoms with Crippen molar-refractivity contribution in [2.24, 2.45) is 5.84 Å². The van der Waals surface area contributed by atoms with Gasteiger partial charge in [-0.3, -0.25) is 5.84 Å². The smallest absolute Gasteiger partial charge is 0.0668 e. The third-order valence-corrected chi connectivity index (χ3v) is 2.65. The number of hydrogen-bond acceptors (Lipinski definition) is 2. The van der Waals surface area contributed by atoms with Gasteiger partial charge in [-0.2, -0.15) is 0 Å². The minimum atomic E-state index is 0.798. The van der Waals surface area contributed by atoms with Crippen LogP contribution in [0.4, 0.5) is 5.69 Å². The maximum absolute atomic E-state index is 5.33. The number of rotatable bonds is 2. The van der Waals surface area contributed by atoms with Crippen LogP contribution in [-0.2, 0) is 5.33 Å². The summed E-state index contributed by atoms with van der Waals surface area (Å²) in [5.74, 6) is 5.33. The van der Waals surface area contributed by atoms with Crippen molar-refractivity contribution in [3.8, 4) is 0 Å². The van der Waals surface area contributed by atoms with Gasteiger partial charge in [-0.25, -0.2) is 0 Å². The largest absolute Gasteiger partial charge is 0.323 e. The molecule has 0 fully saturated rings. The third kappa shape index (κ3) is 1.95. The van der Waals surface area contributed by atoms with Gasteiger partial charge in [0.1, 0.15) is 0 Å². The van der Waals surface area contributed by atoms with Crippen LogP contribution in [0, 0.1) is 0 Å². The molecule has 0 saturated heterocycles. The number of anilines is 1. The Morgan fingerprint density at radius 3 is 2.64 bits per heavy atom. The number of nitrogens with one attached hydrogen (secondary N) is 1. The molecule has 0 spiro atoms. The number of benzene rings is 1. The van der Waals surface area contributed by atoms with E-state index in [1.165, 1.54) is 0 Å². The van der Waals surface area contributed by atoms with Gasteiger partial charge in [-0.05, 0) is 27.6 Å². The topological polar surface area (TPSA) is 38.0 Å². The lowest BCUT2D eigenvalue weighted by molar-refractivity contribution is 1.29. The van der Waals surface area contributed by atoms with E-state index in [0.29, 0.717) is 0 Å². The van der Waals surface area contributed by atoms with Gasteiger partial charge in [-0.1, -0.05) is 28.1 Å². The highest BCUT2D eigenvalue weighted by molar-refractivity contribution is 9.10. The number of hydrogen-bond donors (Lipinski definition) is 2. The molecular formula is C7H8Br2N2. The van der Waals surface area contributed by atoms with Crippen molar-refractivity contribution in [3.63, 3.8) is 0 Å². The van der Waals surface area contributed by atoms with Gasteiger partial charge in [0, 0.05) is 9.80 Å². The Morgan fingerprint density at radius 1 is 1.45 bits per heavy atom. The summed E-state index contributed by atoms with van der Waals surface area (Å²) in [5.41, 5.74) is 4.71. The van der Waals surface area contributed by atoms with Crippen LogP contribution >= 0.6 is 31.9 Å². The van der Waals surface area contributed by atoms with Gasteiger partial charge >= 0.3 is 0 Å². The standard InChI is InChI=1S/C7H8Br2N2/c8-4-5-2-1-3-6(9)7(5)11-10/h1-3,11H,4,10H2. The molecule has 0 heterocycles. The molecule has 0 amide bonds. The van der Waals surface area contributed by atoms with E-state index in [0.717, 1.165) is 21.1 Å². The summed E-state index contributed by atoms with van der Waals surface area (Å²) < 4.78 is 0.983. The summed E-state index contributed by atoms with van der Waals surface area (Å²) >= 11 is 6.75. The van der Waals surface area contributed by atoms with Gasteiger partial charge in [0.25, 0.3) is 0 Å². The highest BCUT2D eigenvalue weighted by Gasteiger charge is 2.02. The molecule has 11 heavy (non-hydrogen) atoms. The summed E-state index contributed by atoms with van der Waals surface area (Å²) in [4.78, 5) is 0. The molecule has 0 aromatic heterocycles. The van der Waals surface area contributed by atoms with Gasteiger partial charge in [-0.15, -0.1) is 0 Å². The average Bonchev–Trinajstić information content (AvgIpc) is 2.04. The van der Waals surface area contributed by atoms with Crippen molar-refractivity contribution in [1.82, 2.24) is 0 Å². The van der Waals surface area contributed by atoms with Crippen molar-refractivity contribution >= 4 is 37.5 Å². The van der Waals surface area contributed by atoms with E-state index in [1.807, 2.05) is 18.2 Å². The molecule has 1 aromatic carbocycles. The molecule has 0 atom stereocenters. The van der Waals surface area contributed by atoms with Gasteiger partial charge in [0.2, 0.25) is 0 Å². The van der Waals surface area contributed by atoms with Crippen molar-refractivity contribution < 1.29 is 0 Å². The Hall–Kier alpha value is -0.0600. The van der Waals surface area contributed by atoms with E-state index in [1.54, 1.807) is 0 Å². The van der Waals surface area contributed by atoms with E-state index in [-0.39, 0.29) is 0 Å². The minimum Gasteiger partial charge on any atom is -0.323 e. The van der Waals surface area contributed by atoms with Crippen LogP contribution in [0.3, 0.4) is 0 Å². The van der Waals surface area contributed by atoms with Gasteiger partial charge in [0.05, 0.1) is 5.69 Å². The molecule has 0 aliphatic heterocycles. The lowest BCUT2D eigenvalue weighted by Crippen LogP contribution is -2.09. The SMILES string of the molecule is NNc1c(Br)cccc1CBr. The average molecular weight is 280 g/mol. The number of halogens is 2. The highest BCUT2D eigenvalue weighted by Crippen LogP contribution is 2.26. The van der Waals surface area contributed by atoms with E-state index in [9.17, 15) is 0 Å². The number of alkyl halides is 1. The van der Waals surface area contributed by atoms with Crippen LogP contribution in [0.25, 0.3) is 0 Å². The van der Waals surface area contributed by atoms with E-state index >= 15 is 0 Å². The van der Waals surface area contributed by atoms with E-state index in [4.69, 9.17) is 5.84 Å². The van der Waals surface area contributed by atoms with Gasteiger partial charge < -0.3 is 5.43 Å². The van der Waals surface area contributed by atoms with Crippen LogP contribution in [0.2, 0.25) is 0 Å². The third-order valence-electron chi connectivity index (χ3n) is 1.39. The zero-order valence-electron chi connectivity index (χ0n) is 5.77. The molecule has 0 unspecified atom stereocenters. The summed E-state index contributed by atoms with van der Waals surface area (Å²) in [6.45, 7) is 0. The molecule has 1 rings (SSSR count). The minimum absolute atomic E-state index is 0.798. The Balaban J connectivity index is 3.13. The molecule has 0 saturated carbocycles. The second kappa shape index (κ2) is 4.09. The Labute approximate surface area is 82.4 Å². The quantitative estimate of drug-likeness (QED) is 0.496. The second-order valence-electron chi connectivity index (χ2n) is 2.05. The molecule has 60 valence electrons. The van der Waals surface area contributed by atoms with Crippen molar-refractivity contribution in [1.29, 1.82) is 0 Å². The summed E-state index contributed by atoms with van der Waals surface area (Å²) in [5, 5.41) is 0.798. The zero-order valence-corrected chi connectivity index (χ0v) is 8.94. The molecule has 0 aliphatic rings. The zero-order chi connectivity index (χ0) is 8.27. The molecular weight excluding hydrogens is 272 g/mol. The summed E-state index contributed by atoms with van der Waals surface area (Å²) in [7, 11) is 0. The molecule has 3 N–H and O–H groups in total. The maximum Gasteiger partial charge on any atom is 0.0668 e. The van der Waals surface area contributed by atoms with Crippen LogP contribution < -0.4 is 11.3 Å². The van der Waals surface area contributed by atoms with Crippen LogP contribution in [-0.4, -0.2) is 0 Å². The Bertz CT molecular complexity index is 250. The first-order valence-corrected chi connectivity index (χ1v) is 5.01. The Morgan fingerprint density at radius 2 is 2.18 bits per heavy atom. The fourth-order valence-corrected chi connectivity index (χ4v) is 1.83. The molecule has 0 bridgehead atoms. The highest BCUT2D eigenvalue weighted by atomic mass is 79.9. The predicted molar refractivity (Wildman–Crippen MR) is 54.6 cm³/mol. The first-order chi connectivity index (χ1) is 5.29. The molecule has 4 heteroatoms. The maximum atomic E-state index is 5.33. The van der Waals surface area contributed by atoms with Crippen LogP contribution in [0.5, 0.6) is 0 Å². The lowest BCUT2D eigenvalue weighted by Gasteiger charge is -2.07. The number of nitrogens with two attached hydrogens (primary N) is 1. The molecule has 0 radical (unpaired) electrons. The molecule has 2 nitrogen and oxygen atoms in total. The second-order valence-corrected chi connectivity index (χ2v) is 3.47. The van der Waals surface area contributed by atoms with E-state index in [2.05, 4.69) is 37.3 Å². The molecule has 1 aromatic rings. The molecule has 0 aliphatic carbocycles. The fraction of sp³-hybridized carbons (Fsp3) is 0.143. The van der Waals surface area contributed by atoms with Crippen molar-refractivity contribution in [2.45, 2.75) is 5.33 Å². The normalized spacial score (nSPS) is 9.73. The number of para-hydroxylation sites is 1. The van der Waals surface area contributed by atoms with Crippen molar-refractivity contribution in [2.75, 3.05) is 5.43 Å². The Kier molecular flexibility index (Phi) is 3.36. The monoisotopic (exact) mass is 278 g/mol. The van der Waals surface area contributed by atoms with Crippen LogP contribution in [0.15, 0.2) is 22.7 Å². The predicted octanol–water partition coefficient (Wildman–Crippen LogP) is 2.63. The van der Waals surface area contributed by atoms with Crippen LogP contribution in [0.1, 0.15) is 5.56 Å². The van der Waals surface area contributed by atoms with E-state index < -0.39 is 0 Å². The number of nitrogen functional groups attached to an aromatic ring is 1. The summed E-state index contributed by atoms with van der Waals surface area (Å²) in [6, 6.07) is 5.93. The first kappa shape index (κ1) is 9.03. The van der Waals surface area contributed by atoms with Gasteiger partial charge in [0.15, 0.2) is 0 Å². The fourth-order valence-electron chi connectivity index (χ4n) is 0.842. The van der Waals surface area contributed by atoms with Crippen molar-refractivity contribution in [3.05, 3.63) is 28.2 Å². The lowest BCUT2D eigenvalue weighted by atomic mass is 10.2. The first-order valence-electron chi connectivity index (χ1n) is 3.09. The summed E-state index contributed by atoms with van der Waals surface area (Å²) in [6.07, 6.45) is 0.